The van der Waals surface area contributed by atoms with Gasteiger partial charge in [0.15, 0.2) is 0 Å². The first-order valence-electron chi connectivity index (χ1n) is 8.63. The average molecular weight is 298 g/mol. The van der Waals surface area contributed by atoms with Gasteiger partial charge in [-0.2, -0.15) is 0 Å². The zero-order valence-corrected chi connectivity index (χ0v) is 13.9. The minimum absolute atomic E-state index is 1.06. The van der Waals surface area contributed by atoms with Crippen molar-refractivity contribution in [1.29, 1.82) is 0 Å². The van der Waals surface area contributed by atoms with E-state index in [1.807, 2.05) is 0 Å². The zero-order valence-electron chi connectivity index (χ0n) is 13.9. The third kappa shape index (κ3) is 2.39. The highest BCUT2D eigenvalue weighted by atomic mass is 14.2. The molecule has 0 heterocycles. The molecule has 0 saturated heterocycles. The molecule has 1 aliphatic rings. The minimum atomic E-state index is 1.06. The standard InChI is InChI=1S/C23H22/c1-3-16-12-17(4-2)14-20(13-16)22-11-7-9-19-15-18-8-5-6-10-21(18)23(19)22/h5-14H,3-4,15H2,1-2H3. The van der Waals surface area contributed by atoms with Crippen molar-refractivity contribution >= 4 is 0 Å². The lowest BCUT2D eigenvalue weighted by molar-refractivity contribution is 1.09. The molecule has 0 nitrogen and oxygen atoms in total. The Labute approximate surface area is 138 Å². The molecule has 0 aliphatic heterocycles. The molecular formula is C23H22. The Balaban J connectivity index is 1.95. The molecule has 0 radical (unpaired) electrons. The van der Waals surface area contributed by atoms with Crippen molar-refractivity contribution in [1.82, 2.24) is 0 Å². The molecule has 3 aromatic rings. The molecule has 0 unspecified atom stereocenters. The molecule has 0 bridgehead atoms. The molecule has 0 fully saturated rings. The quantitative estimate of drug-likeness (QED) is 0.432. The summed E-state index contributed by atoms with van der Waals surface area (Å²) in [5.74, 6) is 0. The van der Waals surface area contributed by atoms with E-state index in [4.69, 9.17) is 0 Å². The van der Waals surface area contributed by atoms with E-state index in [0.29, 0.717) is 0 Å². The molecular weight excluding hydrogens is 276 g/mol. The maximum Gasteiger partial charge on any atom is -0.00132 e. The predicted octanol–water partition coefficient (Wildman–Crippen LogP) is 6.05. The van der Waals surface area contributed by atoms with Gasteiger partial charge in [0, 0.05) is 0 Å². The molecule has 0 N–H and O–H groups in total. The summed E-state index contributed by atoms with van der Waals surface area (Å²) in [5.41, 5.74) is 11.4. The summed E-state index contributed by atoms with van der Waals surface area (Å²) >= 11 is 0. The van der Waals surface area contributed by atoms with Gasteiger partial charge in [0.1, 0.15) is 0 Å². The summed E-state index contributed by atoms with van der Waals surface area (Å²) in [5, 5.41) is 0. The average Bonchev–Trinajstić information content (AvgIpc) is 2.99. The van der Waals surface area contributed by atoms with Gasteiger partial charge in [-0.1, -0.05) is 74.5 Å². The van der Waals surface area contributed by atoms with Crippen LogP contribution in [0, 0.1) is 0 Å². The molecule has 4 rings (SSSR count). The first-order valence-corrected chi connectivity index (χ1v) is 8.63. The SMILES string of the molecule is CCc1cc(CC)cc(-c2cccc3c2-c2ccccc2C3)c1. The zero-order chi connectivity index (χ0) is 15.8. The summed E-state index contributed by atoms with van der Waals surface area (Å²) in [6, 6.07) is 22.7. The van der Waals surface area contributed by atoms with Crippen molar-refractivity contribution in [2.45, 2.75) is 33.1 Å². The second-order valence-electron chi connectivity index (χ2n) is 6.42. The lowest BCUT2D eigenvalue weighted by atomic mass is 9.91. The molecule has 23 heavy (non-hydrogen) atoms. The minimum Gasteiger partial charge on any atom is -0.0619 e. The first-order chi connectivity index (χ1) is 11.3. The van der Waals surface area contributed by atoms with Gasteiger partial charge in [0.25, 0.3) is 0 Å². The largest absolute Gasteiger partial charge is 0.0619 e. The Morgan fingerprint density at radius 3 is 2.09 bits per heavy atom. The number of rotatable bonds is 3. The maximum atomic E-state index is 2.37. The van der Waals surface area contributed by atoms with Crippen LogP contribution in [0.4, 0.5) is 0 Å². The third-order valence-corrected chi connectivity index (χ3v) is 5.00. The Morgan fingerprint density at radius 2 is 1.35 bits per heavy atom. The summed E-state index contributed by atoms with van der Waals surface area (Å²) in [6.07, 6.45) is 3.24. The predicted molar refractivity (Wildman–Crippen MR) is 98.9 cm³/mol. The van der Waals surface area contributed by atoms with Gasteiger partial charge in [0.2, 0.25) is 0 Å². The Kier molecular flexibility index (Phi) is 3.53. The smallest absolute Gasteiger partial charge is 0.00132 e. The normalized spacial score (nSPS) is 12.1. The number of aryl methyl sites for hydroxylation is 2. The van der Waals surface area contributed by atoms with Gasteiger partial charge in [-0.15, -0.1) is 0 Å². The Hall–Kier alpha value is -2.34. The van der Waals surface area contributed by atoms with Gasteiger partial charge in [-0.25, -0.2) is 0 Å². The van der Waals surface area contributed by atoms with Crippen LogP contribution in [-0.4, -0.2) is 0 Å². The van der Waals surface area contributed by atoms with Crippen LogP contribution in [0.3, 0.4) is 0 Å². The van der Waals surface area contributed by atoms with E-state index in [0.717, 1.165) is 19.3 Å². The number of benzene rings is 3. The molecule has 0 saturated carbocycles. The first kappa shape index (κ1) is 14.3. The van der Waals surface area contributed by atoms with Crippen molar-refractivity contribution < 1.29 is 0 Å². The second-order valence-corrected chi connectivity index (χ2v) is 6.42. The summed E-state index contributed by atoms with van der Waals surface area (Å²) in [6.45, 7) is 4.48. The van der Waals surface area contributed by atoms with E-state index in [-0.39, 0.29) is 0 Å². The highest BCUT2D eigenvalue weighted by Crippen LogP contribution is 2.43. The van der Waals surface area contributed by atoms with E-state index >= 15 is 0 Å². The van der Waals surface area contributed by atoms with E-state index in [1.54, 1.807) is 0 Å². The van der Waals surface area contributed by atoms with Crippen LogP contribution in [-0.2, 0) is 19.3 Å². The van der Waals surface area contributed by atoms with Crippen molar-refractivity contribution in [3.8, 4) is 22.3 Å². The van der Waals surface area contributed by atoms with Crippen LogP contribution in [0.15, 0.2) is 60.7 Å². The van der Waals surface area contributed by atoms with Crippen LogP contribution >= 0.6 is 0 Å². The molecule has 0 amide bonds. The highest BCUT2D eigenvalue weighted by Gasteiger charge is 2.21. The third-order valence-electron chi connectivity index (χ3n) is 5.00. The van der Waals surface area contributed by atoms with E-state index in [2.05, 4.69) is 74.5 Å². The molecule has 1 aliphatic carbocycles. The number of hydrogen-bond donors (Lipinski definition) is 0. The Bertz CT molecular complexity index is 849. The molecule has 0 atom stereocenters. The Morgan fingerprint density at radius 1 is 0.696 bits per heavy atom. The van der Waals surface area contributed by atoms with Crippen molar-refractivity contribution in [3.63, 3.8) is 0 Å². The van der Waals surface area contributed by atoms with Crippen LogP contribution < -0.4 is 0 Å². The number of fused-ring (bicyclic) bond motifs is 3. The van der Waals surface area contributed by atoms with Gasteiger partial charge in [0.05, 0.1) is 0 Å². The van der Waals surface area contributed by atoms with Crippen molar-refractivity contribution in [2.24, 2.45) is 0 Å². The fraction of sp³-hybridized carbons (Fsp3) is 0.217. The van der Waals surface area contributed by atoms with Gasteiger partial charge in [-0.3, -0.25) is 0 Å². The highest BCUT2D eigenvalue weighted by molar-refractivity contribution is 5.90. The summed E-state index contributed by atoms with van der Waals surface area (Å²) < 4.78 is 0. The second kappa shape index (κ2) is 5.70. The van der Waals surface area contributed by atoms with E-state index in [9.17, 15) is 0 Å². The molecule has 0 aromatic heterocycles. The van der Waals surface area contributed by atoms with Crippen molar-refractivity contribution in [3.05, 3.63) is 82.9 Å². The molecule has 3 aromatic carbocycles. The lowest BCUT2D eigenvalue weighted by Gasteiger charge is -2.13. The maximum absolute atomic E-state index is 2.37. The van der Waals surface area contributed by atoms with Gasteiger partial charge < -0.3 is 0 Å². The van der Waals surface area contributed by atoms with Crippen LogP contribution in [0.1, 0.15) is 36.1 Å². The van der Waals surface area contributed by atoms with Crippen LogP contribution in [0.25, 0.3) is 22.3 Å². The van der Waals surface area contributed by atoms with Crippen LogP contribution in [0.5, 0.6) is 0 Å². The summed E-state index contributed by atoms with van der Waals surface area (Å²) in [4.78, 5) is 0. The molecule has 0 heteroatoms. The lowest BCUT2D eigenvalue weighted by Crippen LogP contribution is -1.91. The summed E-state index contributed by atoms with van der Waals surface area (Å²) in [7, 11) is 0. The van der Waals surface area contributed by atoms with Gasteiger partial charge >= 0.3 is 0 Å². The fourth-order valence-corrected chi connectivity index (χ4v) is 3.76. The molecule has 114 valence electrons. The van der Waals surface area contributed by atoms with Crippen molar-refractivity contribution in [2.75, 3.05) is 0 Å². The van der Waals surface area contributed by atoms with Gasteiger partial charge in [-0.05, 0) is 63.8 Å². The van der Waals surface area contributed by atoms with E-state index < -0.39 is 0 Å². The number of hydrogen-bond acceptors (Lipinski definition) is 0. The van der Waals surface area contributed by atoms with E-state index in [1.165, 1.54) is 44.5 Å². The fourth-order valence-electron chi connectivity index (χ4n) is 3.76. The molecule has 0 spiro atoms. The topological polar surface area (TPSA) is 0 Å². The van der Waals surface area contributed by atoms with Crippen LogP contribution in [0.2, 0.25) is 0 Å². The monoisotopic (exact) mass is 298 g/mol.